The highest BCUT2D eigenvalue weighted by atomic mass is 32.2. The number of para-hydroxylation sites is 2. The Morgan fingerprint density at radius 3 is 1.19 bits per heavy atom. The van der Waals surface area contributed by atoms with Gasteiger partial charge >= 0.3 is 0 Å². The van der Waals surface area contributed by atoms with Crippen LogP contribution >= 0.6 is 0 Å². The van der Waals surface area contributed by atoms with Crippen LogP contribution in [0, 0.1) is 13.8 Å². The number of rotatable bonds is 8. The quantitative estimate of drug-likeness (QED) is 0.264. The van der Waals surface area contributed by atoms with E-state index in [1.165, 1.54) is 24.3 Å². The van der Waals surface area contributed by atoms with Gasteiger partial charge in [0.25, 0.3) is 20.0 Å². The maximum absolute atomic E-state index is 12.8. The molecule has 0 aliphatic heterocycles. The standard InChI is InChI=1S/C26H24N4O4S2/c1-19-11-15-21(16-12-19)35(31,32)29-25-9-5-3-7-23(25)27-28-24-8-4-6-10-26(24)30-36(33,34)22-17-13-20(2)14-18-22/h3-18,29-30H,1-2H3. The summed E-state index contributed by atoms with van der Waals surface area (Å²) >= 11 is 0. The lowest BCUT2D eigenvalue weighted by Gasteiger charge is -2.11. The summed E-state index contributed by atoms with van der Waals surface area (Å²) in [6.45, 7) is 3.75. The van der Waals surface area contributed by atoms with Crippen molar-refractivity contribution >= 4 is 42.8 Å². The van der Waals surface area contributed by atoms with Gasteiger partial charge in [-0.2, -0.15) is 0 Å². The molecule has 0 radical (unpaired) electrons. The van der Waals surface area contributed by atoms with Gasteiger partial charge in [-0.3, -0.25) is 9.44 Å². The molecular formula is C26H24N4O4S2. The molecule has 4 aromatic rings. The van der Waals surface area contributed by atoms with E-state index >= 15 is 0 Å². The molecule has 8 nitrogen and oxygen atoms in total. The van der Waals surface area contributed by atoms with Gasteiger partial charge in [-0.1, -0.05) is 59.7 Å². The summed E-state index contributed by atoms with van der Waals surface area (Å²) in [5, 5.41) is 8.41. The Kier molecular flexibility index (Phi) is 7.18. The van der Waals surface area contributed by atoms with Crippen LogP contribution in [0.3, 0.4) is 0 Å². The van der Waals surface area contributed by atoms with Crippen molar-refractivity contribution in [3.63, 3.8) is 0 Å². The van der Waals surface area contributed by atoms with Crippen molar-refractivity contribution in [2.75, 3.05) is 9.44 Å². The number of benzene rings is 4. The van der Waals surface area contributed by atoms with Crippen LogP contribution in [0.1, 0.15) is 11.1 Å². The molecule has 10 heteroatoms. The lowest BCUT2D eigenvalue weighted by molar-refractivity contribution is 0.599. The smallest absolute Gasteiger partial charge is 0.261 e. The molecule has 0 spiro atoms. The topological polar surface area (TPSA) is 117 Å². The second-order valence-corrected chi connectivity index (χ2v) is 11.4. The Morgan fingerprint density at radius 2 is 0.833 bits per heavy atom. The van der Waals surface area contributed by atoms with E-state index < -0.39 is 20.0 Å². The van der Waals surface area contributed by atoms with E-state index in [2.05, 4.69) is 19.7 Å². The van der Waals surface area contributed by atoms with Gasteiger partial charge in [0, 0.05) is 0 Å². The molecule has 0 bridgehead atoms. The highest BCUT2D eigenvalue weighted by Gasteiger charge is 2.17. The fourth-order valence-corrected chi connectivity index (χ4v) is 5.39. The molecule has 4 aromatic carbocycles. The van der Waals surface area contributed by atoms with E-state index in [0.717, 1.165) is 11.1 Å². The molecule has 184 valence electrons. The molecular weight excluding hydrogens is 496 g/mol. The van der Waals surface area contributed by atoms with Crippen LogP contribution in [0.4, 0.5) is 22.7 Å². The monoisotopic (exact) mass is 520 g/mol. The molecule has 0 saturated carbocycles. The number of sulfonamides is 2. The third kappa shape index (κ3) is 5.96. The van der Waals surface area contributed by atoms with Crippen molar-refractivity contribution in [3.8, 4) is 0 Å². The third-order valence-electron chi connectivity index (χ3n) is 5.22. The number of hydrogen-bond acceptors (Lipinski definition) is 6. The third-order valence-corrected chi connectivity index (χ3v) is 7.99. The highest BCUT2D eigenvalue weighted by Crippen LogP contribution is 2.32. The zero-order valence-electron chi connectivity index (χ0n) is 19.6. The van der Waals surface area contributed by atoms with E-state index in [4.69, 9.17) is 0 Å². The summed E-state index contributed by atoms with van der Waals surface area (Å²) in [6.07, 6.45) is 0. The lowest BCUT2D eigenvalue weighted by Crippen LogP contribution is -2.13. The first-order chi connectivity index (χ1) is 17.1. The van der Waals surface area contributed by atoms with Gasteiger partial charge in [0.15, 0.2) is 0 Å². The van der Waals surface area contributed by atoms with E-state index in [1.807, 2.05) is 13.8 Å². The number of anilines is 2. The second kappa shape index (κ2) is 10.3. The van der Waals surface area contributed by atoms with Crippen LogP contribution < -0.4 is 9.44 Å². The molecule has 0 aliphatic rings. The SMILES string of the molecule is Cc1ccc(S(=O)(=O)Nc2ccccc2N=Nc2ccccc2NS(=O)(=O)c2ccc(C)cc2)cc1. The van der Waals surface area contributed by atoms with E-state index in [0.29, 0.717) is 0 Å². The molecule has 0 fully saturated rings. The number of nitrogens with zero attached hydrogens (tertiary/aromatic N) is 2. The number of azo groups is 1. The minimum Gasteiger partial charge on any atom is -0.277 e. The first-order valence-electron chi connectivity index (χ1n) is 10.9. The molecule has 0 atom stereocenters. The van der Waals surface area contributed by atoms with Gasteiger partial charge in [-0.05, 0) is 62.4 Å². The fourth-order valence-electron chi connectivity index (χ4n) is 3.24. The number of nitrogens with one attached hydrogen (secondary N) is 2. The molecule has 0 heterocycles. The molecule has 0 unspecified atom stereocenters. The molecule has 0 aromatic heterocycles. The summed E-state index contributed by atoms with van der Waals surface area (Å²) in [5.41, 5.74) is 2.90. The Labute approximate surface area is 210 Å². The first kappa shape index (κ1) is 25.1. The van der Waals surface area contributed by atoms with Gasteiger partial charge in [-0.15, -0.1) is 10.2 Å². The largest absolute Gasteiger partial charge is 0.277 e. The number of aryl methyl sites for hydroxylation is 2. The van der Waals surface area contributed by atoms with E-state index in [9.17, 15) is 16.8 Å². The summed E-state index contributed by atoms with van der Waals surface area (Å²) in [7, 11) is -7.69. The minimum absolute atomic E-state index is 0.121. The molecule has 2 N–H and O–H groups in total. The van der Waals surface area contributed by atoms with Gasteiger partial charge in [0.05, 0.1) is 21.2 Å². The van der Waals surface area contributed by atoms with Crippen molar-refractivity contribution in [2.45, 2.75) is 23.6 Å². The van der Waals surface area contributed by atoms with Gasteiger partial charge in [0.2, 0.25) is 0 Å². The van der Waals surface area contributed by atoms with Crippen molar-refractivity contribution in [1.29, 1.82) is 0 Å². The average Bonchev–Trinajstić information content (AvgIpc) is 2.84. The molecule has 0 aliphatic carbocycles. The molecule has 36 heavy (non-hydrogen) atoms. The van der Waals surface area contributed by atoms with E-state index in [1.54, 1.807) is 72.8 Å². The predicted octanol–water partition coefficient (Wildman–Crippen LogP) is 6.32. The van der Waals surface area contributed by atoms with Gasteiger partial charge < -0.3 is 0 Å². The lowest BCUT2D eigenvalue weighted by atomic mass is 10.2. The highest BCUT2D eigenvalue weighted by molar-refractivity contribution is 7.93. The van der Waals surface area contributed by atoms with Gasteiger partial charge in [0.1, 0.15) is 11.4 Å². The fraction of sp³-hybridized carbons (Fsp3) is 0.0769. The maximum Gasteiger partial charge on any atom is 0.261 e. The van der Waals surface area contributed by atoms with Crippen LogP contribution in [0.5, 0.6) is 0 Å². The second-order valence-electron chi connectivity index (χ2n) is 8.07. The Balaban J connectivity index is 1.60. The number of hydrogen-bond donors (Lipinski definition) is 2. The summed E-state index contributed by atoms with van der Waals surface area (Å²) in [5.74, 6) is 0. The van der Waals surface area contributed by atoms with Crippen molar-refractivity contribution in [2.24, 2.45) is 10.2 Å². The van der Waals surface area contributed by atoms with Gasteiger partial charge in [-0.25, -0.2) is 16.8 Å². The Bertz CT molecular complexity index is 1490. The normalized spacial score (nSPS) is 11.9. The molecule has 4 rings (SSSR count). The van der Waals surface area contributed by atoms with Crippen LogP contribution in [0.25, 0.3) is 0 Å². The predicted molar refractivity (Wildman–Crippen MR) is 141 cm³/mol. The van der Waals surface area contributed by atoms with Crippen LogP contribution in [0.15, 0.2) is 117 Å². The van der Waals surface area contributed by atoms with Crippen LogP contribution in [-0.4, -0.2) is 16.8 Å². The maximum atomic E-state index is 12.8. The minimum atomic E-state index is -3.84. The van der Waals surface area contributed by atoms with Crippen molar-refractivity contribution in [1.82, 2.24) is 0 Å². The average molecular weight is 521 g/mol. The Morgan fingerprint density at radius 1 is 0.500 bits per heavy atom. The van der Waals surface area contributed by atoms with Crippen LogP contribution in [0.2, 0.25) is 0 Å². The summed E-state index contributed by atoms with van der Waals surface area (Å²) in [6, 6.07) is 26.1. The molecule has 0 saturated heterocycles. The summed E-state index contributed by atoms with van der Waals surface area (Å²) < 4.78 is 56.5. The van der Waals surface area contributed by atoms with E-state index in [-0.39, 0.29) is 32.5 Å². The zero-order chi connectivity index (χ0) is 25.8. The molecule has 0 amide bonds. The van der Waals surface area contributed by atoms with Crippen LogP contribution in [-0.2, 0) is 20.0 Å². The first-order valence-corrected chi connectivity index (χ1v) is 13.9. The zero-order valence-corrected chi connectivity index (χ0v) is 21.2. The summed E-state index contributed by atoms with van der Waals surface area (Å²) in [4.78, 5) is 0.242. The van der Waals surface area contributed by atoms with Crippen molar-refractivity contribution < 1.29 is 16.8 Å². The Hall–Kier alpha value is -4.02. The van der Waals surface area contributed by atoms with Crippen molar-refractivity contribution in [3.05, 3.63) is 108 Å².